The van der Waals surface area contributed by atoms with Gasteiger partial charge in [0.1, 0.15) is 0 Å². The van der Waals surface area contributed by atoms with E-state index >= 15 is 0 Å². The number of rotatable bonds is 6. The van der Waals surface area contributed by atoms with Gasteiger partial charge in [-0.05, 0) is 71.8 Å². The van der Waals surface area contributed by atoms with Crippen LogP contribution in [0.1, 0.15) is 55.2 Å². The number of benzene rings is 3. The monoisotopic (exact) mass is 974 g/mol. The SMILES string of the molecule is [CH3][Ge]([CH3])([CH3])[c]1cnc(-c2[c-]cccc2)cc1CC1CCCC1.[Ir].[c-]1c(-c2nccc3c2CCCC3)cnc2oc3c(ccc[n+]3-c3ccc4ccccc4c3)c12. The Morgan fingerprint density at radius 2 is 1.61 bits per heavy atom. The Kier molecular flexibility index (Phi) is 11.3. The molecule has 2 aliphatic rings. The van der Waals surface area contributed by atoms with Crippen molar-refractivity contribution in [1.29, 1.82) is 0 Å². The van der Waals surface area contributed by atoms with E-state index in [0.717, 1.165) is 63.4 Å². The van der Waals surface area contributed by atoms with Crippen LogP contribution in [0.25, 0.3) is 61.2 Å². The van der Waals surface area contributed by atoms with E-state index in [4.69, 9.17) is 14.4 Å². The number of hydrogen-bond donors (Lipinski definition) is 0. The molecule has 0 spiro atoms. The van der Waals surface area contributed by atoms with Gasteiger partial charge in [0.15, 0.2) is 11.9 Å². The van der Waals surface area contributed by atoms with Gasteiger partial charge in [-0.3, -0.25) is 9.97 Å². The molecule has 1 fully saturated rings. The molecule has 0 amide bonds. The van der Waals surface area contributed by atoms with Crippen molar-refractivity contribution in [3.63, 3.8) is 0 Å². The molecule has 7 heteroatoms. The second kappa shape index (κ2) is 16.5. The summed E-state index contributed by atoms with van der Waals surface area (Å²) in [5, 5.41) is 4.31. The van der Waals surface area contributed by atoms with E-state index in [-0.39, 0.29) is 20.1 Å². The summed E-state index contributed by atoms with van der Waals surface area (Å²) >= 11 is -1.87. The smallest absolute Gasteiger partial charge is 0.346 e. The zero-order valence-electron chi connectivity index (χ0n) is 32.4. The molecule has 8 aromatic rings. The number of hydrogen-bond acceptors (Lipinski definition) is 4. The van der Waals surface area contributed by atoms with Crippen molar-refractivity contribution in [2.45, 2.75) is 75.1 Å². The van der Waals surface area contributed by atoms with Crippen molar-refractivity contribution >= 4 is 50.6 Å². The van der Waals surface area contributed by atoms with Gasteiger partial charge in [-0.15, -0.1) is 10.6 Å². The first-order valence-corrected chi connectivity index (χ1v) is 27.3. The van der Waals surface area contributed by atoms with Crippen molar-refractivity contribution in [2.24, 2.45) is 5.92 Å². The molecular formula is C49H47GeIrN4O-. The van der Waals surface area contributed by atoms with Gasteiger partial charge < -0.3 is 4.42 Å². The summed E-state index contributed by atoms with van der Waals surface area (Å²) in [6.07, 6.45) is 19.5. The van der Waals surface area contributed by atoms with Crippen molar-refractivity contribution < 1.29 is 29.1 Å². The first-order chi connectivity index (χ1) is 26.9. The Morgan fingerprint density at radius 3 is 2.43 bits per heavy atom. The number of fused-ring (bicyclic) bond motifs is 5. The second-order valence-corrected chi connectivity index (χ2v) is 26.9. The summed E-state index contributed by atoms with van der Waals surface area (Å²) < 4.78 is 9.93. The summed E-state index contributed by atoms with van der Waals surface area (Å²) in [4.78, 5) is 14.2. The van der Waals surface area contributed by atoms with Gasteiger partial charge in [0.2, 0.25) is 5.69 Å². The van der Waals surface area contributed by atoms with Gasteiger partial charge in [-0.25, -0.2) is 0 Å². The number of nitrogens with zero attached hydrogens (tertiary/aromatic N) is 4. The van der Waals surface area contributed by atoms with Crippen molar-refractivity contribution in [3.05, 3.63) is 145 Å². The molecule has 0 N–H and O–H groups in total. The fourth-order valence-electron chi connectivity index (χ4n) is 8.66. The van der Waals surface area contributed by atoms with Crippen LogP contribution in [0, 0.1) is 18.1 Å². The fraction of sp³-hybridized carbons (Fsp3) is 0.265. The van der Waals surface area contributed by atoms with E-state index in [1.165, 1.54) is 66.8 Å². The van der Waals surface area contributed by atoms with Gasteiger partial charge in [0.05, 0.1) is 0 Å². The normalized spacial score (nSPS) is 14.3. The molecule has 5 aromatic heterocycles. The number of aryl methyl sites for hydroxylation is 1. The van der Waals surface area contributed by atoms with E-state index in [2.05, 4.69) is 124 Å². The van der Waals surface area contributed by atoms with Crippen LogP contribution in [0.2, 0.25) is 17.3 Å². The topological polar surface area (TPSA) is 55.7 Å². The predicted molar refractivity (Wildman–Crippen MR) is 226 cm³/mol. The van der Waals surface area contributed by atoms with Crippen LogP contribution in [0.4, 0.5) is 0 Å². The van der Waals surface area contributed by atoms with Gasteiger partial charge >= 0.3 is 143 Å². The minimum atomic E-state index is -1.87. The molecule has 1 radical (unpaired) electrons. The molecule has 0 unspecified atom stereocenters. The molecule has 56 heavy (non-hydrogen) atoms. The molecule has 0 bridgehead atoms. The molecule has 5 heterocycles. The van der Waals surface area contributed by atoms with E-state index in [9.17, 15) is 0 Å². The second-order valence-electron chi connectivity index (χ2n) is 16.3. The third kappa shape index (κ3) is 7.89. The summed E-state index contributed by atoms with van der Waals surface area (Å²) in [5.74, 6) is 8.31. The number of aromatic nitrogens is 4. The maximum absolute atomic E-state index is 6.25. The first-order valence-electron chi connectivity index (χ1n) is 20.0. The predicted octanol–water partition coefficient (Wildman–Crippen LogP) is 11.0. The van der Waals surface area contributed by atoms with Crippen LogP contribution >= 0.6 is 0 Å². The van der Waals surface area contributed by atoms with Crippen molar-refractivity contribution in [3.8, 4) is 28.2 Å². The summed E-state index contributed by atoms with van der Waals surface area (Å²) in [5.41, 5.74) is 10.9. The minimum absolute atomic E-state index is 0. The van der Waals surface area contributed by atoms with Gasteiger partial charge in [0.25, 0.3) is 0 Å². The summed E-state index contributed by atoms with van der Waals surface area (Å²) in [6.45, 7) is 0. The fourth-order valence-corrected chi connectivity index (χ4v) is 12.0. The third-order valence-corrected chi connectivity index (χ3v) is 15.8. The molecular weight excluding hydrogens is 925 g/mol. The molecule has 10 rings (SSSR count). The molecule has 5 nitrogen and oxygen atoms in total. The van der Waals surface area contributed by atoms with Crippen LogP contribution in [0.15, 0.2) is 120 Å². The average Bonchev–Trinajstić information content (AvgIpc) is 3.88. The largest absolute Gasteiger partial charge is 0.430 e. The van der Waals surface area contributed by atoms with Gasteiger partial charge in [-0.1, -0.05) is 41.5 Å². The van der Waals surface area contributed by atoms with Crippen LogP contribution in [-0.2, 0) is 39.4 Å². The minimum Gasteiger partial charge on any atom is -0.430 e. The van der Waals surface area contributed by atoms with Crippen LogP contribution in [0.3, 0.4) is 0 Å². The average molecular weight is 973 g/mol. The van der Waals surface area contributed by atoms with Crippen LogP contribution in [0.5, 0.6) is 0 Å². The maximum atomic E-state index is 6.25. The van der Waals surface area contributed by atoms with Gasteiger partial charge in [0, 0.05) is 49.5 Å². The van der Waals surface area contributed by atoms with Crippen LogP contribution in [-0.4, -0.2) is 28.2 Å². The van der Waals surface area contributed by atoms with Crippen LogP contribution < -0.4 is 8.96 Å². The third-order valence-electron chi connectivity index (χ3n) is 11.5. The molecule has 2 aliphatic carbocycles. The molecule has 0 atom stereocenters. The standard InChI is InChI=1S/C29H21N3O.C20H26GeN.Ir/c1-2-8-21-16-23(12-11-19(21)6-1)32-15-5-10-25-26-17-22(18-31-28(26)33-29(25)32)27-24-9-4-3-7-20(24)13-14-30-27;1-21(2,3)19-15-22-20(17-11-5-4-6-12-17)14-18(19)13-16-9-7-8-10-16;/h1-2,5-6,8,10-16,18H,3-4,7,9H2;4-6,11,14-16H,7-10,13H2,1-3H3;/q;-1;. The van der Waals surface area contributed by atoms with Crippen molar-refractivity contribution in [2.75, 3.05) is 0 Å². The Balaban J connectivity index is 0.000000168. The van der Waals surface area contributed by atoms with E-state index in [1.807, 2.05) is 30.7 Å². The van der Waals surface area contributed by atoms with E-state index in [1.54, 1.807) is 9.96 Å². The first kappa shape index (κ1) is 38.4. The maximum Gasteiger partial charge on any atom is 0.346 e. The summed E-state index contributed by atoms with van der Waals surface area (Å²) in [7, 11) is 0. The van der Waals surface area contributed by atoms with E-state index < -0.39 is 13.3 Å². The molecule has 0 aliphatic heterocycles. The molecule has 283 valence electrons. The van der Waals surface area contributed by atoms with Crippen molar-refractivity contribution in [1.82, 2.24) is 15.0 Å². The molecule has 3 aromatic carbocycles. The van der Waals surface area contributed by atoms with E-state index in [0.29, 0.717) is 5.71 Å². The number of furan rings is 1. The zero-order valence-corrected chi connectivity index (χ0v) is 36.9. The number of pyridine rings is 4. The van der Waals surface area contributed by atoms with Gasteiger partial charge in [-0.2, -0.15) is 0 Å². The quantitative estimate of drug-likeness (QED) is 0.0946. The Labute approximate surface area is 346 Å². The zero-order chi connectivity index (χ0) is 37.4. The molecule has 0 saturated heterocycles. The molecule has 1 saturated carbocycles. The Hall–Kier alpha value is -4.49. The Bertz CT molecular complexity index is 2640. The Morgan fingerprint density at radius 1 is 0.786 bits per heavy atom. The summed E-state index contributed by atoms with van der Waals surface area (Å²) in [6, 6.07) is 38.6.